The average Bonchev–Trinajstić information content (AvgIpc) is 2.47. The first kappa shape index (κ1) is 16.2. The molecule has 6 heteroatoms. The highest BCUT2D eigenvalue weighted by Gasteiger charge is 2.13. The fourth-order valence-electron chi connectivity index (χ4n) is 2.11. The number of hydrogen-bond acceptors (Lipinski definition) is 3. The number of nitrogens with two attached hydrogens (primary N) is 1. The molecule has 0 aliphatic carbocycles. The Morgan fingerprint density at radius 1 is 1.14 bits per heavy atom. The van der Waals surface area contributed by atoms with Crippen LogP contribution < -0.4 is 10.5 Å². The van der Waals surface area contributed by atoms with Crippen molar-refractivity contribution in [2.45, 2.75) is 24.7 Å². The first-order valence-corrected chi connectivity index (χ1v) is 8.38. The molecule has 0 unspecified atom stereocenters. The summed E-state index contributed by atoms with van der Waals surface area (Å²) in [6, 6.07) is 14.3. The number of benzene rings is 2. The Morgan fingerprint density at radius 3 is 2.45 bits per heavy atom. The highest BCUT2D eigenvalue weighted by molar-refractivity contribution is 7.89. The van der Waals surface area contributed by atoms with Crippen molar-refractivity contribution >= 4 is 21.6 Å². The van der Waals surface area contributed by atoms with E-state index in [4.69, 9.17) is 5.14 Å². The van der Waals surface area contributed by atoms with Crippen molar-refractivity contribution in [1.82, 2.24) is 0 Å². The number of carbonyl (C=O) groups is 1. The Kier molecular flexibility index (Phi) is 4.95. The van der Waals surface area contributed by atoms with Crippen molar-refractivity contribution in [2.75, 3.05) is 5.32 Å². The standard InChI is InChI=1S/C16H18N2O3S/c1-12-7-9-14(11-15(12)22(17,20)21)18-16(19)10-8-13-5-3-2-4-6-13/h2-7,9,11H,8,10H2,1H3,(H,18,19)(H2,17,20,21). The predicted molar refractivity (Wildman–Crippen MR) is 85.9 cm³/mol. The third kappa shape index (κ3) is 4.41. The van der Waals surface area contributed by atoms with Crippen LogP contribution in [0.4, 0.5) is 5.69 Å². The number of aryl methyl sites for hydroxylation is 2. The second-order valence-electron chi connectivity index (χ2n) is 5.06. The van der Waals surface area contributed by atoms with E-state index < -0.39 is 10.0 Å². The maximum absolute atomic E-state index is 11.9. The van der Waals surface area contributed by atoms with Gasteiger partial charge in [-0.1, -0.05) is 36.4 Å². The van der Waals surface area contributed by atoms with Crippen LogP contribution in [-0.4, -0.2) is 14.3 Å². The Bertz CT molecular complexity index is 771. The van der Waals surface area contributed by atoms with Gasteiger partial charge in [0, 0.05) is 12.1 Å². The minimum absolute atomic E-state index is 0.0216. The number of hydrogen-bond donors (Lipinski definition) is 2. The minimum Gasteiger partial charge on any atom is -0.326 e. The molecule has 3 N–H and O–H groups in total. The van der Waals surface area contributed by atoms with Crippen molar-refractivity contribution < 1.29 is 13.2 Å². The van der Waals surface area contributed by atoms with Crippen LogP contribution in [0, 0.1) is 6.92 Å². The summed E-state index contributed by atoms with van der Waals surface area (Å²) in [5, 5.41) is 7.84. The minimum atomic E-state index is -3.80. The third-order valence-electron chi connectivity index (χ3n) is 3.26. The lowest BCUT2D eigenvalue weighted by Crippen LogP contribution is -2.16. The van der Waals surface area contributed by atoms with Gasteiger partial charge in [-0.15, -0.1) is 0 Å². The van der Waals surface area contributed by atoms with Gasteiger partial charge in [0.1, 0.15) is 0 Å². The van der Waals surface area contributed by atoms with Crippen molar-refractivity contribution in [3.63, 3.8) is 0 Å². The Balaban J connectivity index is 2.03. The van der Waals surface area contributed by atoms with E-state index in [1.54, 1.807) is 19.1 Å². The molecule has 1 amide bonds. The lowest BCUT2D eigenvalue weighted by atomic mass is 10.1. The normalized spacial score (nSPS) is 11.2. The zero-order chi connectivity index (χ0) is 16.2. The van der Waals surface area contributed by atoms with Crippen LogP contribution in [0.15, 0.2) is 53.4 Å². The van der Waals surface area contributed by atoms with Crippen LogP contribution in [0.3, 0.4) is 0 Å². The summed E-state index contributed by atoms with van der Waals surface area (Å²) in [6.07, 6.45) is 0.948. The summed E-state index contributed by atoms with van der Waals surface area (Å²) in [4.78, 5) is 12.0. The highest BCUT2D eigenvalue weighted by atomic mass is 32.2. The van der Waals surface area contributed by atoms with Crippen LogP contribution in [0.5, 0.6) is 0 Å². The van der Waals surface area contributed by atoms with Crippen molar-refractivity contribution in [3.8, 4) is 0 Å². The maximum atomic E-state index is 11.9. The van der Waals surface area contributed by atoms with Gasteiger partial charge in [-0.2, -0.15) is 0 Å². The van der Waals surface area contributed by atoms with Crippen LogP contribution >= 0.6 is 0 Å². The largest absolute Gasteiger partial charge is 0.326 e. The molecule has 0 saturated carbocycles. The summed E-state index contributed by atoms with van der Waals surface area (Å²) in [5.41, 5.74) is 2.05. The van der Waals surface area contributed by atoms with Gasteiger partial charge in [-0.05, 0) is 36.6 Å². The molecule has 0 spiro atoms. The molecule has 2 aromatic carbocycles. The predicted octanol–water partition coefficient (Wildman–Crippen LogP) is 2.21. The lowest BCUT2D eigenvalue weighted by molar-refractivity contribution is -0.116. The molecule has 0 fully saturated rings. The van der Waals surface area contributed by atoms with E-state index in [2.05, 4.69) is 5.32 Å². The van der Waals surface area contributed by atoms with Crippen LogP contribution in [0.2, 0.25) is 0 Å². The molecule has 0 saturated heterocycles. The van der Waals surface area contributed by atoms with E-state index in [9.17, 15) is 13.2 Å². The first-order valence-electron chi connectivity index (χ1n) is 6.83. The van der Waals surface area contributed by atoms with Crippen molar-refractivity contribution in [2.24, 2.45) is 5.14 Å². The van der Waals surface area contributed by atoms with Gasteiger partial charge in [0.25, 0.3) is 0 Å². The Labute approximate surface area is 130 Å². The van der Waals surface area contributed by atoms with E-state index in [1.165, 1.54) is 6.07 Å². The highest BCUT2D eigenvalue weighted by Crippen LogP contribution is 2.19. The second-order valence-corrected chi connectivity index (χ2v) is 6.59. The monoisotopic (exact) mass is 318 g/mol. The van der Waals surface area contributed by atoms with E-state index in [-0.39, 0.29) is 10.8 Å². The van der Waals surface area contributed by atoms with E-state index in [0.29, 0.717) is 24.1 Å². The van der Waals surface area contributed by atoms with Gasteiger partial charge in [0.2, 0.25) is 15.9 Å². The summed E-state index contributed by atoms with van der Waals surface area (Å²) in [5.74, 6) is -0.173. The SMILES string of the molecule is Cc1ccc(NC(=O)CCc2ccccc2)cc1S(N)(=O)=O. The van der Waals surface area contributed by atoms with Crippen molar-refractivity contribution in [3.05, 3.63) is 59.7 Å². The summed E-state index contributed by atoms with van der Waals surface area (Å²) in [7, 11) is -3.80. The van der Waals surface area contributed by atoms with Gasteiger partial charge < -0.3 is 5.32 Å². The molecule has 0 aliphatic rings. The molecule has 2 aromatic rings. The Hall–Kier alpha value is -2.18. The van der Waals surface area contributed by atoms with Crippen LogP contribution in [0.1, 0.15) is 17.5 Å². The van der Waals surface area contributed by atoms with E-state index >= 15 is 0 Å². The summed E-state index contributed by atoms with van der Waals surface area (Å²) >= 11 is 0. The number of sulfonamides is 1. The number of primary sulfonamides is 1. The molecule has 22 heavy (non-hydrogen) atoms. The fraction of sp³-hybridized carbons (Fsp3) is 0.188. The van der Waals surface area contributed by atoms with Gasteiger partial charge in [-0.3, -0.25) is 4.79 Å². The summed E-state index contributed by atoms with van der Waals surface area (Å²) in [6.45, 7) is 1.65. The number of anilines is 1. The molecular weight excluding hydrogens is 300 g/mol. The number of amides is 1. The lowest BCUT2D eigenvalue weighted by Gasteiger charge is -2.09. The maximum Gasteiger partial charge on any atom is 0.238 e. The van der Waals surface area contributed by atoms with Crippen LogP contribution in [0.25, 0.3) is 0 Å². The zero-order valence-electron chi connectivity index (χ0n) is 12.2. The van der Waals surface area contributed by atoms with Crippen molar-refractivity contribution in [1.29, 1.82) is 0 Å². The first-order chi connectivity index (χ1) is 10.4. The molecule has 0 atom stereocenters. The number of rotatable bonds is 5. The number of nitrogens with one attached hydrogen (secondary N) is 1. The van der Waals surface area contributed by atoms with Gasteiger partial charge >= 0.3 is 0 Å². The molecule has 0 bridgehead atoms. The van der Waals surface area contributed by atoms with Gasteiger partial charge in [-0.25, -0.2) is 13.6 Å². The average molecular weight is 318 g/mol. The van der Waals surface area contributed by atoms with Gasteiger partial charge in [0.05, 0.1) is 4.90 Å². The topological polar surface area (TPSA) is 89.3 Å². The zero-order valence-corrected chi connectivity index (χ0v) is 13.1. The smallest absolute Gasteiger partial charge is 0.238 e. The molecule has 0 aromatic heterocycles. The molecule has 5 nitrogen and oxygen atoms in total. The summed E-state index contributed by atoms with van der Waals surface area (Å²) < 4.78 is 22.9. The fourth-order valence-corrected chi connectivity index (χ4v) is 2.92. The molecule has 0 radical (unpaired) electrons. The molecular formula is C16H18N2O3S. The number of carbonyl (C=O) groups excluding carboxylic acids is 1. The molecule has 2 rings (SSSR count). The van der Waals surface area contributed by atoms with E-state index in [1.807, 2.05) is 30.3 Å². The second kappa shape index (κ2) is 6.72. The molecule has 0 aliphatic heterocycles. The van der Waals surface area contributed by atoms with E-state index in [0.717, 1.165) is 5.56 Å². The molecule has 0 heterocycles. The quantitative estimate of drug-likeness (QED) is 0.885. The Morgan fingerprint density at radius 2 is 1.82 bits per heavy atom. The van der Waals surface area contributed by atoms with Crippen LogP contribution in [-0.2, 0) is 21.2 Å². The third-order valence-corrected chi connectivity index (χ3v) is 4.31. The van der Waals surface area contributed by atoms with Gasteiger partial charge in [0.15, 0.2) is 0 Å². The molecule has 116 valence electrons.